The van der Waals surface area contributed by atoms with Crippen molar-refractivity contribution < 1.29 is 17.6 Å². The molecule has 6 heteroatoms. The zero-order valence-corrected chi connectivity index (χ0v) is 7.03. The fourth-order valence-corrected chi connectivity index (χ4v) is 1.04. The Hall–Kier alpha value is -1.30. The first-order valence-corrected chi connectivity index (χ1v) is 3.72. The van der Waals surface area contributed by atoms with E-state index in [0.29, 0.717) is 0 Å². The average molecular weight is 208 g/mol. The van der Waals surface area contributed by atoms with E-state index >= 15 is 0 Å². The molecule has 0 unspecified atom stereocenters. The molecule has 0 radical (unpaired) electrons. The van der Waals surface area contributed by atoms with Gasteiger partial charge in [0.05, 0.1) is 11.3 Å². The van der Waals surface area contributed by atoms with Gasteiger partial charge in [-0.3, -0.25) is 0 Å². The van der Waals surface area contributed by atoms with Crippen molar-refractivity contribution in [2.45, 2.75) is 12.7 Å². The molecule has 0 aliphatic heterocycles. The number of hydrogen-bond donors (Lipinski definition) is 2. The highest BCUT2D eigenvalue weighted by molar-refractivity contribution is 5.52. The Morgan fingerprint density at radius 2 is 1.79 bits per heavy atom. The fourth-order valence-electron chi connectivity index (χ4n) is 1.04. The van der Waals surface area contributed by atoms with E-state index in [4.69, 9.17) is 11.5 Å². The Morgan fingerprint density at radius 1 is 1.21 bits per heavy atom. The molecule has 0 aromatic heterocycles. The Morgan fingerprint density at radius 3 is 2.21 bits per heavy atom. The van der Waals surface area contributed by atoms with Gasteiger partial charge >= 0.3 is 6.18 Å². The van der Waals surface area contributed by atoms with Gasteiger partial charge in [0.15, 0.2) is 5.82 Å². The van der Waals surface area contributed by atoms with Crippen LogP contribution in [0.4, 0.5) is 23.2 Å². The molecule has 4 N–H and O–H groups in total. The molecule has 0 heterocycles. The molecule has 78 valence electrons. The zero-order valence-electron chi connectivity index (χ0n) is 7.03. The highest BCUT2D eigenvalue weighted by Crippen LogP contribution is 2.35. The number of anilines is 1. The first-order chi connectivity index (χ1) is 6.38. The van der Waals surface area contributed by atoms with Crippen LogP contribution in [0.15, 0.2) is 12.1 Å². The third kappa shape index (κ3) is 1.79. The van der Waals surface area contributed by atoms with Crippen LogP contribution < -0.4 is 11.5 Å². The summed E-state index contributed by atoms with van der Waals surface area (Å²) < 4.78 is 49.6. The summed E-state index contributed by atoms with van der Waals surface area (Å²) in [6.45, 7) is -0.186. The molecule has 0 saturated carbocycles. The molecule has 1 rings (SSSR count). The molecule has 0 aliphatic carbocycles. The van der Waals surface area contributed by atoms with E-state index < -0.39 is 23.2 Å². The lowest BCUT2D eigenvalue weighted by Gasteiger charge is -2.11. The van der Waals surface area contributed by atoms with Crippen LogP contribution in [0, 0.1) is 5.82 Å². The lowest BCUT2D eigenvalue weighted by Crippen LogP contribution is -2.12. The summed E-state index contributed by atoms with van der Waals surface area (Å²) in [5, 5.41) is 0. The molecule has 0 aliphatic rings. The van der Waals surface area contributed by atoms with E-state index in [-0.39, 0.29) is 12.1 Å². The van der Waals surface area contributed by atoms with Crippen molar-refractivity contribution in [3.63, 3.8) is 0 Å². The predicted octanol–water partition coefficient (Wildman–Crippen LogP) is 1.89. The predicted molar refractivity (Wildman–Crippen MR) is 43.7 cm³/mol. The van der Waals surface area contributed by atoms with Crippen LogP contribution in [0.2, 0.25) is 0 Å². The maximum absolute atomic E-state index is 13.1. The Kier molecular flexibility index (Phi) is 2.66. The van der Waals surface area contributed by atoms with Gasteiger partial charge in [0.1, 0.15) is 0 Å². The SMILES string of the molecule is NCc1ccc(C(F)(F)F)c(N)c1F. The van der Waals surface area contributed by atoms with Gasteiger partial charge in [-0.05, 0) is 6.07 Å². The number of hydrogen-bond acceptors (Lipinski definition) is 2. The third-order valence-corrected chi connectivity index (χ3v) is 1.79. The van der Waals surface area contributed by atoms with Crippen molar-refractivity contribution >= 4 is 5.69 Å². The van der Waals surface area contributed by atoms with Crippen molar-refractivity contribution in [2.24, 2.45) is 5.73 Å². The standard InChI is InChI=1S/C8H8F4N2/c9-6-4(3-13)1-2-5(7(6)14)8(10,11)12/h1-2H,3,13-14H2. The van der Waals surface area contributed by atoms with E-state index in [9.17, 15) is 17.6 Å². The maximum Gasteiger partial charge on any atom is 0.418 e. The highest BCUT2D eigenvalue weighted by atomic mass is 19.4. The quantitative estimate of drug-likeness (QED) is 0.547. The smallest absolute Gasteiger partial charge is 0.396 e. The maximum atomic E-state index is 13.1. The van der Waals surface area contributed by atoms with Crippen molar-refractivity contribution in [2.75, 3.05) is 5.73 Å². The number of halogens is 4. The molecule has 0 spiro atoms. The Labute approximate surface area is 77.5 Å². The van der Waals surface area contributed by atoms with Gasteiger partial charge in [-0.2, -0.15) is 13.2 Å². The molecule has 1 aromatic rings. The van der Waals surface area contributed by atoms with E-state index in [2.05, 4.69) is 0 Å². The van der Waals surface area contributed by atoms with Crippen LogP contribution in [-0.2, 0) is 12.7 Å². The van der Waals surface area contributed by atoms with Crippen LogP contribution in [0.1, 0.15) is 11.1 Å². The van der Waals surface area contributed by atoms with Crippen LogP contribution in [0.25, 0.3) is 0 Å². The molecule has 0 amide bonds. The second kappa shape index (κ2) is 3.45. The molecule has 0 saturated heterocycles. The summed E-state index contributed by atoms with van der Waals surface area (Å²) in [7, 11) is 0. The minimum Gasteiger partial charge on any atom is -0.396 e. The summed E-state index contributed by atoms with van der Waals surface area (Å²) in [5.74, 6) is -1.10. The first kappa shape index (κ1) is 10.8. The number of nitrogens with two attached hydrogens (primary N) is 2. The summed E-state index contributed by atoms with van der Waals surface area (Å²) in [4.78, 5) is 0. The summed E-state index contributed by atoms with van der Waals surface area (Å²) in [5.41, 5.74) is 7.99. The van der Waals surface area contributed by atoms with Gasteiger partial charge in [0.2, 0.25) is 0 Å². The van der Waals surface area contributed by atoms with Gasteiger partial charge in [-0.15, -0.1) is 0 Å². The fraction of sp³-hybridized carbons (Fsp3) is 0.250. The minimum atomic E-state index is -4.64. The van der Waals surface area contributed by atoms with E-state index in [1.807, 2.05) is 0 Å². The van der Waals surface area contributed by atoms with Gasteiger partial charge in [-0.25, -0.2) is 4.39 Å². The van der Waals surface area contributed by atoms with E-state index in [0.717, 1.165) is 12.1 Å². The number of benzene rings is 1. The van der Waals surface area contributed by atoms with Crippen molar-refractivity contribution in [1.82, 2.24) is 0 Å². The highest BCUT2D eigenvalue weighted by Gasteiger charge is 2.34. The average Bonchev–Trinajstić information content (AvgIpc) is 2.07. The van der Waals surface area contributed by atoms with Crippen LogP contribution in [-0.4, -0.2) is 0 Å². The second-order valence-electron chi connectivity index (χ2n) is 2.70. The number of nitrogen functional groups attached to an aromatic ring is 1. The number of rotatable bonds is 1. The van der Waals surface area contributed by atoms with Crippen LogP contribution in [0.5, 0.6) is 0 Å². The molecule has 1 aromatic carbocycles. The minimum absolute atomic E-state index is 0.0319. The lowest BCUT2D eigenvalue weighted by atomic mass is 10.1. The van der Waals surface area contributed by atoms with Crippen LogP contribution >= 0.6 is 0 Å². The molecule has 2 nitrogen and oxygen atoms in total. The first-order valence-electron chi connectivity index (χ1n) is 3.72. The molecule has 14 heavy (non-hydrogen) atoms. The topological polar surface area (TPSA) is 52.0 Å². The second-order valence-corrected chi connectivity index (χ2v) is 2.70. The number of alkyl halides is 3. The van der Waals surface area contributed by atoms with Crippen molar-refractivity contribution in [3.05, 3.63) is 29.1 Å². The molecule has 0 bridgehead atoms. The van der Waals surface area contributed by atoms with Crippen molar-refractivity contribution in [3.8, 4) is 0 Å². The molecular formula is C8H8F4N2. The molecule has 0 atom stereocenters. The summed E-state index contributed by atoms with van der Waals surface area (Å²) >= 11 is 0. The van der Waals surface area contributed by atoms with Crippen molar-refractivity contribution in [1.29, 1.82) is 0 Å². The summed E-state index contributed by atoms with van der Waals surface area (Å²) in [6, 6.07) is 1.70. The summed E-state index contributed by atoms with van der Waals surface area (Å²) in [6.07, 6.45) is -4.64. The van der Waals surface area contributed by atoms with Crippen LogP contribution in [0.3, 0.4) is 0 Å². The zero-order chi connectivity index (χ0) is 10.9. The monoisotopic (exact) mass is 208 g/mol. The third-order valence-electron chi connectivity index (χ3n) is 1.79. The van der Waals surface area contributed by atoms with E-state index in [1.165, 1.54) is 0 Å². The van der Waals surface area contributed by atoms with Gasteiger partial charge in [0.25, 0.3) is 0 Å². The van der Waals surface area contributed by atoms with Gasteiger partial charge < -0.3 is 11.5 Å². The van der Waals surface area contributed by atoms with Gasteiger partial charge in [0, 0.05) is 12.1 Å². The van der Waals surface area contributed by atoms with E-state index in [1.54, 1.807) is 0 Å². The molecular weight excluding hydrogens is 200 g/mol. The lowest BCUT2D eigenvalue weighted by molar-refractivity contribution is -0.137. The van der Waals surface area contributed by atoms with Gasteiger partial charge in [-0.1, -0.05) is 6.07 Å². The Bertz CT molecular complexity index is 346. The normalized spacial score (nSPS) is 11.8. The Balaban J connectivity index is 3.31. The molecule has 0 fully saturated rings. The largest absolute Gasteiger partial charge is 0.418 e.